The molecule has 0 aromatic heterocycles. The number of amides is 2. The van der Waals surface area contributed by atoms with Gasteiger partial charge in [0.2, 0.25) is 5.91 Å². The van der Waals surface area contributed by atoms with Gasteiger partial charge in [-0.1, -0.05) is 18.6 Å². The predicted molar refractivity (Wildman–Crippen MR) is 95.1 cm³/mol. The minimum Gasteiger partial charge on any atom is -0.504 e. The van der Waals surface area contributed by atoms with Crippen LogP contribution in [0, 0.1) is 0 Å². The molecular formula is C18H26N2O6. The SMILES string of the molecule is C=CC[C@H](OC(=O)NCCCCCC(=O)NO)c1ccc(OC)c(O)c1. The van der Waals surface area contributed by atoms with Crippen molar-refractivity contribution in [2.45, 2.75) is 38.2 Å². The molecule has 0 unspecified atom stereocenters. The number of phenolic OH excluding ortho intramolecular Hbond substituents is 1. The lowest BCUT2D eigenvalue weighted by atomic mass is 10.1. The maximum atomic E-state index is 11.9. The second-order valence-corrected chi connectivity index (χ2v) is 5.62. The van der Waals surface area contributed by atoms with E-state index in [4.69, 9.17) is 14.7 Å². The first kappa shape index (κ1) is 21.3. The molecule has 1 atom stereocenters. The van der Waals surface area contributed by atoms with Crippen LogP contribution in [-0.2, 0) is 9.53 Å². The number of nitrogens with one attached hydrogen (secondary N) is 2. The summed E-state index contributed by atoms with van der Waals surface area (Å²) in [4.78, 5) is 22.8. The average Bonchev–Trinajstić information content (AvgIpc) is 2.63. The maximum absolute atomic E-state index is 11.9. The second kappa shape index (κ2) is 11.8. The van der Waals surface area contributed by atoms with Gasteiger partial charge in [-0.15, -0.1) is 6.58 Å². The van der Waals surface area contributed by atoms with E-state index in [0.717, 1.165) is 6.42 Å². The highest BCUT2D eigenvalue weighted by Gasteiger charge is 2.17. The zero-order chi connectivity index (χ0) is 19.4. The lowest BCUT2D eigenvalue weighted by Crippen LogP contribution is -2.27. The Labute approximate surface area is 152 Å². The van der Waals surface area contributed by atoms with Gasteiger partial charge in [-0.3, -0.25) is 10.0 Å². The molecule has 0 fully saturated rings. The number of hydrogen-bond donors (Lipinski definition) is 4. The number of ether oxygens (including phenoxy) is 2. The van der Waals surface area contributed by atoms with E-state index in [1.54, 1.807) is 23.7 Å². The van der Waals surface area contributed by atoms with Crippen LogP contribution in [0.1, 0.15) is 43.8 Å². The van der Waals surface area contributed by atoms with E-state index in [9.17, 15) is 14.7 Å². The molecule has 0 heterocycles. The van der Waals surface area contributed by atoms with Gasteiger partial charge in [0.1, 0.15) is 6.10 Å². The van der Waals surface area contributed by atoms with E-state index in [-0.39, 0.29) is 12.2 Å². The molecule has 0 radical (unpaired) electrons. The number of aromatic hydroxyl groups is 1. The molecule has 8 heteroatoms. The number of methoxy groups -OCH3 is 1. The molecular weight excluding hydrogens is 340 g/mol. The van der Waals surface area contributed by atoms with Crippen LogP contribution < -0.4 is 15.5 Å². The summed E-state index contributed by atoms with van der Waals surface area (Å²) in [5.41, 5.74) is 2.20. The lowest BCUT2D eigenvalue weighted by molar-refractivity contribution is -0.129. The van der Waals surface area contributed by atoms with Crippen LogP contribution in [0.2, 0.25) is 0 Å². The molecule has 0 aliphatic carbocycles. The number of unbranched alkanes of at least 4 members (excludes halogenated alkanes) is 2. The highest BCUT2D eigenvalue weighted by molar-refractivity contribution is 5.74. The Morgan fingerprint density at radius 1 is 1.31 bits per heavy atom. The van der Waals surface area contributed by atoms with Crippen molar-refractivity contribution in [1.29, 1.82) is 0 Å². The first-order chi connectivity index (χ1) is 12.5. The average molecular weight is 366 g/mol. The highest BCUT2D eigenvalue weighted by Crippen LogP contribution is 2.31. The van der Waals surface area contributed by atoms with Gasteiger partial charge in [-0.2, -0.15) is 0 Å². The van der Waals surface area contributed by atoms with Crippen LogP contribution in [0.4, 0.5) is 4.79 Å². The minimum atomic E-state index is -0.572. The number of carbonyl (C=O) groups excluding carboxylic acids is 2. The topological polar surface area (TPSA) is 117 Å². The summed E-state index contributed by atoms with van der Waals surface area (Å²) in [6.07, 6.45) is 3.16. The summed E-state index contributed by atoms with van der Waals surface area (Å²) in [6, 6.07) is 4.81. The quantitative estimate of drug-likeness (QED) is 0.207. The zero-order valence-electron chi connectivity index (χ0n) is 14.9. The predicted octanol–water partition coefficient (Wildman–Crippen LogP) is 2.81. The van der Waals surface area contributed by atoms with Crippen LogP contribution in [-0.4, -0.2) is 36.0 Å². The number of benzene rings is 1. The summed E-state index contributed by atoms with van der Waals surface area (Å²) in [5, 5.41) is 20.9. The van der Waals surface area contributed by atoms with Gasteiger partial charge in [0.25, 0.3) is 0 Å². The third-order valence-corrected chi connectivity index (χ3v) is 3.68. The Bertz CT molecular complexity index is 605. The molecule has 2 amide bonds. The Hall–Kier alpha value is -2.74. The maximum Gasteiger partial charge on any atom is 0.407 e. The van der Waals surface area contributed by atoms with Gasteiger partial charge in [0.05, 0.1) is 7.11 Å². The van der Waals surface area contributed by atoms with E-state index in [0.29, 0.717) is 37.1 Å². The summed E-state index contributed by atoms with van der Waals surface area (Å²) in [5.74, 6) is -0.118. The van der Waals surface area contributed by atoms with Gasteiger partial charge < -0.3 is 19.9 Å². The van der Waals surface area contributed by atoms with Crippen molar-refractivity contribution in [1.82, 2.24) is 10.8 Å². The molecule has 4 N–H and O–H groups in total. The fourth-order valence-electron chi connectivity index (χ4n) is 2.32. The molecule has 0 saturated heterocycles. The Morgan fingerprint density at radius 2 is 2.08 bits per heavy atom. The van der Waals surface area contributed by atoms with E-state index in [2.05, 4.69) is 11.9 Å². The fraction of sp³-hybridized carbons (Fsp3) is 0.444. The fourth-order valence-corrected chi connectivity index (χ4v) is 2.32. The van der Waals surface area contributed by atoms with E-state index < -0.39 is 18.1 Å². The number of hydroxylamine groups is 1. The summed E-state index contributed by atoms with van der Waals surface area (Å²) in [6.45, 7) is 4.07. The van der Waals surface area contributed by atoms with Gasteiger partial charge >= 0.3 is 6.09 Å². The molecule has 0 saturated carbocycles. The van der Waals surface area contributed by atoms with E-state index >= 15 is 0 Å². The normalized spacial score (nSPS) is 11.3. The largest absolute Gasteiger partial charge is 0.504 e. The Balaban J connectivity index is 2.44. The van der Waals surface area contributed by atoms with Crippen molar-refractivity contribution in [3.05, 3.63) is 36.4 Å². The standard InChI is InChI=1S/C18H26N2O6/c1-3-7-15(13-9-10-16(25-2)14(21)12-13)26-18(23)19-11-6-4-5-8-17(22)20-24/h3,9-10,12,15,21,24H,1,4-8,11H2,2H3,(H,19,23)(H,20,22)/t15-/m0/s1. The number of phenols is 1. The van der Waals surface area contributed by atoms with Crippen LogP contribution in [0.15, 0.2) is 30.9 Å². The van der Waals surface area contributed by atoms with Crippen molar-refractivity contribution in [2.75, 3.05) is 13.7 Å². The first-order valence-corrected chi connectivity index (χ1v) is 8.37. The van der Waals surface area contributed by atoms with Crippen molar-refractivity contribution in [2.24, 2.45) is 0 Å². The summed E-state index contributed by atoms with van der Waals surface area (Å²) in [7, 11) is 1.45. The smallest absolute Gasteiger partial charge is 0.407 e. The third-order valence-electron chi connectivity index (χ3n) is 3.68. The molecule has 0 spiro atoms. The second-order valence-electron chi connectivity index (χ2n) is 5.62. The van der Waals surface area contributed by atoms with Crippen LogP contribution >= 0.6 is 0 Å². The molecule has 0 bridgehead atoms. The molecule has 1 aromatic carbocycles. The van der Waals surface area contributed by atoms with Gasteiger partial charge in [0, 0.05) is 19.4 Å². The van der Waals surface area contributed by atoms with Crippen LogP contribution in [0.5, 0.6) is 11.5 Å². The van der Waals surface area contributed by atoms with E-state index in [1.807, 2.05) is 0 Å². The lowest BCUT2D eigenvalue weighted by Gasteiger charge is -2.18. The summed E-state index contributed by atoms with van der Waals surface area (Å²) < 4.78 is 10.4. The molecule has 144 valence electrons. The molecule has 1 aromatic rings. The minimum absolute atomic E-state index is 0.0324. The van der Waals surface area contributed by atoms with Crippen molar-refractivity contribution in [3.63, 3.8) is 0 Å². The number of rotatable bonds is 11. The molecule has 0 aliphatic rings. The molecule has 8 nitrogen and oxygen atoms in total. The van der Waals surface area contributed by atoms with Crippen LogP contribution in [0.25, 0.3) is 0 Å². The molecule has 0 aliphatic heterocycles. The molecule has 1 rings (SSSR count). The number of alkyl carbamates (subject to hydrolysis) is 1. The number of carbonyl (C=O) groups is 2. The third kappa shape index (κ3) is 7.43. The molecule has 26 heavy (non-hydrogen) atoms. The van der Waals surface area contributed by atoms with Gasteiger partial charge in [-0.05, 0) is 30.5 Å². The van der Waals surface area contributed by atoms with Gasteiger partial charge in [-0.25, -0.2) is 10.3 Å². The Morgan fingerprint density at radius 3 is 2.69 bits per heavy atom. The zero-order valence-corrected chi connectivity index (χ0v) is 14.9. The van der Waals surface area contributed by atoms with Gasteiger partial charge in [0.15, 0.2) is 11.5 Å². The van der Waals surface area contributed by atoms with Crippen molar-refractivity contribution < 1.29 is 29.4 Å². The van der Waals surface area contributed by atoms with E-state index in [1.165, 1.54) is 13.2 Å². The highest BCUT2D eigenvalue weighted by atomic mass is 16.6. The monoisotopic (exact) mass is 366 g/mol. The Kier molecular flexibility index (Phi) is 9.63. The first-order valence-electron chi connectivity index (χ1n) is 8.37. The number of hydrogen-bond acceptors (Lipinski definition) is 6. The van der Waals surface area contributed by atoms with Crippen molar-refractivity contribution >= 4 is 12.0 Å². The van der Waals surface area contributed by atoms with Crippen molar-refractivity contribution in [3.8, 4) is 11.5 Å². The van der Waals surface area contributed by atoms with Crippen LogP contribution in [0.3, 0.4) is 0 Å². The summed E-state index contributed by atoms with van der Waals surface area (Å²) >= 11 is 0.